The Hall–Kier alpha value is -1.17. The predicted octanol–water partition coefficient (Wildman–Crippen LogP) is 2.78. The SMILES string of the molecule is CS(=O)(=O)c1ccc(C(N)CCc2ccsc2)cc1. The van der Waals surface area contributed by atoms with Gasteiger partial charge in [0.15, 0.2) is 9.84 Å². The smallest absolute Gasteiger partial charge is 0.175 e. The zero-order valence-electron chi connectivity index (χ0n) is 10.7. The summed E-state index contributed by atoms with van der Waals surface area (Å²) in [6, 6.07) is 8.88. The third kappa shape index (κ3) is 3.89. The first-order chi connectivity index (χ1) is 8.97. The highest BCUT2D eigenvalue weighted by Gasteiger charge is 2.10. The van der Waals surface area contributed by atoms with E-state index in [1.165, 1.54) is 11.8 Å². The van der Waals surface area contributed by atoms with Crippen molar-refractivity contribution in [1.82, 2.24) is 0 Å². The Morgan fingerprint density at radius 3 is 2.42 bits per heavy atom. The first kappa shape index (κ1) is 14.2. The van der Waals surface area contributed by atoms with Crippen LogP contribution in [0.25, 0.3) is 0 Å². The van der Waals surface area contributed by atoms with E-state index in [0.29, 0.717) is 4.90 Å². The second kappa shape index (κ2) is 5.86. The van der Waals surface area contributed by atoms with Crippen molar-refractivity contribution in [2.75, 3.05) is 6.26 Å². The molecule has 5 heteroatoms. The minimum Gasteiger partial charge on any atom is -0.324 e. The standard InChI is InChI=1S/C14H17NO2S2/c1-19(16,17)13-5-3-12(4-6-13)14(15)7-2-11-8-9-18-10-11/h3-6,8-10,14H,2,7,15H2,1H3. The van der Waals surface area contributed by atoms with E-state index in [1.807, 2.05) is 0 Å². The number of sulfone groups is 1. The van der Waals surface area contributed by atoms with Crippen LogP contribution in [-0.4, -0.2) is 14.7 Å². The molecule has 0 fully saturated rings. The number of hydrogen-bond donors (Lipinski definition) is 1. The zero-order chi connectivity index (χ0) is 13.9. The molecule has 3 nitrogen and oxygen atoms in total. The van der Waals surface area contributed by atoms with Crippen molar-refractivity contribution in [1.29, 1.82) is 0 Å². The van der Waals surface area contributed by atoms with Gasteiger partial charge in [0.25, 0.3) is 0 Å². The van der Waals surface area contributed by atoms with Gasteiger partial charge in [0.1, 0.15) is 0 Å². The normalized spacial score (nSPS) is 13.4. The van der Waals surface area contributed by atoms with Gasteiger partial charge >= 0.3 is 0 Å². The van der Waals surface area contributed by atoms with E-state index in [1.54, 1.807) is 35.6 Å². The van der Waals surface area contributed by atoms with Gasteiger partial charge in [-0.3, -0.25) is 0 Å². The van der Waals surface area contributed by atoms with E-state index in [4.69, 9.17) is 5.73 Å². The van der Waals surface area contributed by atoms with Crippen molar-refractivity contribution in [3.63, 3.8) is 0 Å². The summed E-state index contributed by atoms with van der Waals surface area (Å²) >= 11 is 1.68. The maximum atomic E-state index is 11.4. The molecule has 0 spiro atoms. The molecule has 0 aliphatic carbocycles. The van der Waals surface area contributed by atoms with Gasteiger partial charge in [0.2, 0.25) is 0 Å². The molecule has 0 bridgehead atoms. The Balaban J connectivity index is 2.01. The lowest BCUT2D eigenvalue weighted by Gasteiger charge is -2.12. The van der Waals surface area contributed by atoms with E-state index in [0.717, 1.165) is 18.4 Å². The summed E-state index contributed by atoms with van der Waals surface area (Å²) < 4.78 is 22.7. The summed E-state index contributed by atoms with van der Waals surface area (Å²) in [6.07, 6.45) is 3.01. The number of thiophene rings is 1. The lowest BCUT2D eigenvalue weighted by molar-refractivity contribution is 0.601. The van der Waals surface area contributed by atoms with E-state index in [2.05, 4.69) is 16.8 Å². The van der Waals surface area contributed by atoms with E-state index < -0.39 is 9.84 Å². The Bertz CT molecular complexity index is 616. The maximum Gasteiger partial charge on any atom is 0.175 e. The van der Waals surface area contributed by atoms with Crippen LogP contribution < -0.4 is 5.73 Å². The molecule has 1 heterocycles. The Labute approximate surface area is 118 Å². The van der Waals surface area contributed by atoms with Gasteiger partial charge in [-0.15, -0.1) is 0 Å². The molecule has 0 saturated heterocycles. The maximum absolute atomic E-state index is 11.4. The van der Waals surface area contributed by atoms with Crippen LogP contribution in [-0.2, 0) is 16.3 Å². The van der Waals surface area contributed by atoms with Crippen LogP contribution in [0.4, 0.5) is 0 Å². The fourth-order valence-corrected chi connectivity index (χ4v) is 3.22. The average Bonchev–Trinajstić information content (AvgIpc) is 2.88. The lowest BCUT2D eigenvalue weighted by Crippen LogP contribution is -2.11. The van der Waals surface area contributed by atoms with Crippen molar-refractivity contribution >= 4 is 21.2 Å². The largest absolute Gasteiger partial charge is 0.324 e. The molecule has 2 aromatic rings. The highest BCUT2D eigenvalue weighted by molar-refractivity contribution is 7.90. The van der Waals surface area contributed by atoms with Gasteiger partial charge in [-0.2, -0.15) is 11.3 Å². The number of benzene rings is 1. The van der Waals surface area contributed by atoms with Crippen LogP contribution >= 0.6 is 11.3 Å². The van der Waals surface area contributed by atoms with Crippen LogP contribution in [0.2, 0.25) is 0 Å². The molecule has 0 amide bonds. The fourth-order valence-electron chi connectivity index (χ4n) is 1.89. The van der Waals surface area contributed by atoms with Crippen LogP contribution in [0.3, 0.4) is 0 Å². The van der Waals surface area contributed by atoms with Crippen LogP contribution in [0.5, 0.6) is 0 Å². The zero-order valence-corrected chi connectivity index (χ0v) is 12.4. The minimum absolute atomic E-state index is 0.0616. The number of nitrogens with two attached hydrogens (primary N) is 1. The summed E-state index contributed by atoms with van der Waals surface area (Å²) in [7, 11) is -3.13. The third-order valence-corrected chi connectivity index (χ3v) is 4.92. The summed E-state index contributed by atoms with van der Waals surface area (Å²) in [6.45, 7) is 0. The molecule has 0 aliphatic heterocycles. The summed E-state index contributed by atoms with van der Waals surface area (Å²) in [5.41, 5.74) is 8.40. The second-order valence-electron chi connectivity index (χ2n) is 4.62. The number of hydrogen-bond acceptors (Lipinski definition) is 4. The van der Waals surface area contributed by atoms with Crippen molar-refractivity contribution in [3.05, 3.63) is 52.2 Å². The second-order valence-corrected chi connectivity index (χ2v) is 7.41. The van der Waals surface area contributed by atoms with Crippen molar-refractivity contribution in [2.24, 2.45) is 5.73 Å². The van der Waals surface area contributed by atoms with E-state index in [-0.39, 0.29) is 6.04 Å². The topological polar surface area (TPSA) is 60.2 Å². The van der Waals surface area contributed by atoms with Gasteiger partial charge < -0.3 is 5.73 Å². The molecule has 1 atom stereocenters. The summed E-state index contributed by atoms with van der Waals surface area (Å²) in [5.74, 6) is 0. The Kier molecular flexibility index (Phi) is 4.39. The highest BCUT2D eigenvalue weighted by atomic mass is 32.2. The molecule has 19 heavy (non-hydrogen) atoms. The van der Waals surface area contributed by atoms with Gasteiger partial charge in [-0.1, -0.05) is 12.1 Å². The number of rotatable bonds is 5. The minimum atomic E-state index is -3.13. The molecule has 0 aliphatic rings. The fraction of sp³-hybridized carbons (Fsp3) is 0.286. The quantitative estimate of drug-likeness (QED) is 0.922. The molecule has 1 aromatic heterocycles. The monoisotopic (exact) mass is 295 g/mol. The molecule has 0 radical (unpaired) electrons. The highest BCUT2D eigenvalue weighted by Crippen LogP contribution is 2.19. The molecule has 102 valence electrons. The molecule has 2 N–H and O–H groups in total. The van der Waals surface area contributed by atoms with Crippen LogP contribution in [0.15, 0.2) is 46.0 Å². The van der Waals surface area contributed by atoms with E-state index in [9.17, 15) is 8.42 Å². The molecule has 1 aromatic carbocycles. The summed E-state index contributed by atoms with van der Waals surface area (Å²) in [4.78, 5) is 0.335. The van der Waals surface area contributed by atoms with Crippen molar-refractivity contribution in [2.45, 2.75) is 23.8 Å². The lowest BCUT2D eigenvalue weighted by atomic mass is 10.0. The Morgan fingerprint density at radius 2 is 1.89 bits per heavy atom. The number of aryl methyl sites for hydroxylation is 1. The molecular weight excluding hydrogens is 278 g/mol. The molecule has 2 rings (SSSR count). The van der Waals surface area contributed by atoms with Gasteiger partial charge in [0, 0.05) is 12.3 Å². The third-order valence-electron chi connectivity index (χ3n) is 3.06. The first-order valence-electron chi connectivity index (χ1n) is 6.03. The van der Waals surface area contributed by atoms with Gasteiger partial charge in [0.05, 0.1) is 4.90 Å². The first-order valence-corrected chi connectivity index (χ1v) is 8.87. The average molecular weight is 295 g/mol. The van der Waals surface area contributed by atoms with Crippen LogP contribution in [0.1, 0.15) is 23.6 Å². The van der Waals surface area contributed by atoms with E-state index >= 15 is 0 Å². The van der Waals surface area contributed by atoms with Gasteiger partial charge in [-0.05, 0) is 52.9 Å². The van der Waals surface area contributed by atoms with Crippen LogP contribution in [0, 0.1) is 0 Å². The summed E-state index contributed by atoms with van der Waals surface area (Å²) in [5, 5.41) is 4.18. The van der Waals surface area contributed by atoms with Crippen molar-refractivity contribution < 1.29 is 8.42 Å². The molecule has 1 unspecified atom stereocenters. The predicted molar refractivity (Wildman–Crippen MR) is 79.1 cm³/mol. The van der Waals surface area contributed by atoms with Crippen molar-refractivity contribution in [3.8, 4) is 0 Å². The molecular formula is C14H17NO2S2. The molecule has 0 saturated carbocycles. The van der Waals surface area contributed by atoms with Gasteiger partial charge in [-0.25, -0.2) is 8.42 Å². The Morgan fingerprint density at radius 1 is 1.21 bits per heavy atom.